The van der Waals surface area contributed by atoms with Crippen LogP contribution in [0.2, 0.25) is 0 Å². The standard InChI is InChI=1S/C14H21N3O.2ClH/c1-10-3-4-17(13(6-10)7-15)14(18)12-5-11(2)8-16-9-12;;/h5,8-10,13H,3-4,6-7,15H2,1-2H3;2*1H. The summed E-state index contributed by atoms with van der Waals surface area (Å²) in [6.45, 7) is 5.51. The molecule has 114 valence electrons. The van der Waals surface area contributed by atoms with E-state index < -0.39 is 0 Å². The van der Waals surface area contributed by atoms with Gasteiger partial charge in [0.1, 0.15) is 0 Å². The van der Waals surface area contributed by atoms with E-state index in [1.165, 1.54) is 0 Å². The molecular formula is C14H23Cl2N3O. The second kappa shape index (κ2) is 8.45. The maximum absolute atomic E-state index is 12.5. The Balaban J connectivity index is 0.00000180. The molecule has 0 saturated carbocycles. The van der Waals surface area contributed by atoms with Crippen molar-refractivity contribution >= 4 is 30.7 Å². The molecule has 1 aromatic heterocycles. The van der Waals surface area contributed by atoms with Gasteiger partial charge in [-0.3, -0.25) is 9.78 Å². The van der Waals surface area contributed by atoms with E-state index in [-0.39, 0.29) is 36.8 Å². The maximum atomic E-state index is 12.5. The molecule has 2 atom stereocenters. The van der Waals surface area contributed by atoms with Gasteiger partial charge in [0.15, 0.2) is 0 Å². The van der Waals surface area contributed by atoms with Gasteiger partial charge < -0.3 is 10.6 Å². The minimum atomic E-state index is 0. The maximum Gasteiger partial charge on any atom is 0.255 e. The van der Waals surface area contributed by atoms with Gasteiger partial charge in [-0.2, -0.15) is 0 Å². The SMILES string of the molecule is Cc1cncc(C(=O)N2CCC(C)CC2CN)c1.Cl.Cl. The molecule has 1 fully saturated rings. The Bertz CT molecular complexity index is 442. The molecule has 2 heterocycles. The fourth-order valence-electron chi connectivity index (χ4n) is 2.58. The molecule has 6 heteroatoms. The third-order valence-electron chi connectivity index (χ3n) is 3.63. The third-order valence-corrected chi connectivity index (χ3v) is 3.63. The van der Waals surface area contributed by atoms with E-state index >= 15 is 0 Å². The molecule has 1 aromatic rings. The highest BCUT2D eigenvalue weighted by atomic mass is 35.5. The Kier molecular flexibility index (Phi) is 8.09. The highest BCUT2D eigenvalue weighted by Crippen LogP contribution is 2.23. The topological polar surface area (TPSA) is 59.2 Å². The van der Waals surface area contributed by atoms with Gasteiger partial charge >= 0.3 is 0 Å². The van der Waals surface area contributed by atoms with Crippen LogP contribution in [0.25, 0.3) is 0 Å². The van der Waals surface area contributed by atoms with Gasteiger partial charge in [-0.1, -0.05) is 6.92 Å². The number of likely N-dealkylation sites (tertiary alicyclic amines) is 1. The van der Waals surface area contributed by atoms with Crippen LogP contribution in [-0.4, -0.2) is 34.9 Å². The van der Waals surface area contributed by atoms with Gasteiger partial charge in [-0.15, -0.1) is 24.8 Å². The Morgan fingerprint density at radius 3 is 2.75 bits per heavy atom. The molecule has 1 saturated heterocycles. The predicted octanol–water partition coefficient (Wildman–Crippen LogP) is 2.43. The van der Waals surface area contributed by atoms with Gasteiger partial charge in [0.05, 0.1) is 5.56 Å². The molecule has 2 rings (SSSR count). The second-order valence-electron chi connectivity index (χ2n) is 5.27. The molecule has 0 aliphatic carbocycles. The van der Waals surface area contributed by atoms with E-state index in [0.717, 1.165) is 24.9 Å². The zero-order valence-electron chi connectivity index (χ0n) is 11.9. The first kappa shape index (κ1) is 19.2. The molecule has 20 heavy (non-hydrogen) atoms. The number of hydrogen-bond acceptors (Lipinski definition) is 3. The Morgan fingerprint density at radius 2 is 2.15 bits per heavy atom. The van der Waals surface area contributed by atoms with Crippen LogP contribution >= 0.6 is 24.8 Å². The van der Waals surface area contributed by atoms with Crippen molar-refractivity contribution in [1.29, 1.82) is 0 Å². The van der Waals surface area contributed by atoms with Crippen molar-refractivity contribution in [2.45, 2.75) is 32.7 Å². The van der Waals surface area contributed by atoms with Gasteiger partial charge in [0.25, 0.3) is 5.91 Å². The number of pyridine rings is 1. The van der Waals surface area contributed by atoms with E-state index in [4.69, 9.17) is 5.73 Å². The van der Waals surface area contributed by atoms with Gasteiger partial charge in [0, 0.05) is 31.5 Å². The minimum Gasteiger partial charge on any atom is -0.334 e. The lowest BCUT2D eigenvalue weighted by Gasteiger charge is -2.38. The fraction of sp³-hybridized carbons (Fsp3) is 0.571. The first-order chi connectivity index (χ1) is 8.61. The summed E-state index contributed by atoms with van der Waals surface area (Å²) in [7, 11) is 0. The Hall–Kier alpha value is -0.840. The van der Waals surface area contributed by atoms with Crippen LogP contribution in [-0.2, 0) is 0 Å². The van der Waals surface area contributed by atoms with Crippen LogP contribution in [0.5, 0.6) is 0 Å². The average molecular weight is 320 g/mol. The van der Waals surface area contributed by atoms with Crippen molar-refractivity contribution in [3.8, 4) is 0 Å². The lowest BCUT2D eigenvalue weighted by atomic mass is 9.92. The van der Waals surface area contributed by atoms with Crippen molar-refractivity contribution < 1.29 is 4.79 Å². The van der Waals surface area contributed by atoms with Crippen LogP contribution in [0.3, 0.4) is 0 Å². The Morgan fingerprint density at radius 1 is 1.45 bits per heavy atom. The number of piperidine rings is 1. The number of carbonyl (C=O) groups is 1. The molecule has 0 bridgehead atoms. The molecule has 0 aromatic carbocycles. The summed E-state index contributed by atoms with van der Waals surface area (Å²) in [5.74, 6) is 0.715. The largest absolute Gasteiger partial charge is 0.334 e. The first-order valence-electron chi connectivity index (χ1n) is 6.54. The summed E-state index contributed by atoms with van der Waals surface area (Å²) in [4.78, 5) is 18.5. The molecule has 0 spiro atoms. The summed E-state index contributed by atoms with van der Waals surface area (Å²) in [6, 6.07) is 2.06. The van der Waals surface area contributed by atoms with Crippen LogP contribution in [0.4, 0.5) is 0 Å². The molecule has 1 aliphatic heterocycles. The van der Waals surface area contributed by atoms with Gasteiger partial charge in [-0.25, -0.2) is 0 Å². The molecule has 4 nitrogen and oxygen atoms in total. The monoisotopic (exact) mass is 319 g/mol. The highest BCUT2D eigenvalue weighted by Gasteiger charge is 2.29. The second-order valence-corrected chi connectivity index (χ2v) is 5.27. The number of amides is 1. The smallest absolute Gasteiger partial charge is 0.255 e. The number of nitrogens with two attached hydrogens (primary N) is 1. The van der Waals surface area contributed by atoms with Crippen molar-refractivity contribution in [3.05, 3.63) is 29.6 Å². The quantitative estimate of drug-likeness (QED) is 0.910. The lowest BCUT2D eigenvalue weighted by molar-refractivity contribution is 0.0573. The van der Waals surface area contributed by atoms with Crippen LogP contribution in [0, 0.1) is 12.8 Å². The normalized spacial score (nSPS) is 21.6. The number of rotatable bonds is 2. The summed E-state index contributed by atoms with van der Waals surface area (Å²) in [6.07, 6.45) is 5.46. The summed E-state index contributed by atoms with van der Waals surface area (Å²) in [5, 5.41) is 0. The number of hydrogen-bond donors (Lipinski definition) is 1. The highest BCUT2D eigenvalue weighted by molar-refractivity contribution is 5.94. The number of halogens is 2. The molecule has 0 radical (unpaired) electrons. The first-order valence-corrected chi connectivity index (χ1v) is 6.54. The fourth-order valence-corrected chi connectivity index (χ4v) is 2.58. The van der Waals surface area contributed by atoms with E-state index in [1.807, 2.05) is 17.9 Å². The molecule has 2 N–H and O–H groups in total. The van der Waals surface area contributed by atoms with E-state index in [2.05, 4.69) is 11.9 Å². The lowest BCUT2D eigenvalue weighted by Crippen LogP contribution is -2.49. The van der Waals surface area contributed by atoms with Crippen LogP contribution < -0.4 is 5.73 Å². The Labute approximate surface area is 132 Å². The van der Waals surface area contributed by atoms with Crippen LogP contribution in [0.15, 0.2) is 18.5 Å². The van der Waals surface area contributed by atoms with Gasteiger partial charge in [0.2, 0.25) is 0 Å². The zero-order valence-corrected chi connectivity index (χ0v) is 13.5. The van der Waals surface area contributed by atoms with E-state index in [1.54, 1.807) is 12.4 Å². The average Bonchev–Trinajstić information content (AvgIpc) is 2.37. The minimum absolute atomic E-state index is 0. The summed E-state index contributed by atoms with van der Waals surface area (Å²) in [5.41, 5.74) is 7.47. The van der Waals surface area contributed by atoms with Crippen molar-refractivity contribution in [1.82, 2.24) is 9.88 Å². The summed E-state index contributed by atoms with van der Waals surface area (Å²) < 4.78 is 0. The third kappa shape index (κ3) is 4.33. The number of carbonyl (C=O) groups excluding carboxylic acids is 1. The van der Waals surface area contributed by atoms with Gasteiger partial charge in [-0.05, 0) is 37.3 Å². The predicted molar refractivity (Wildman–Crippen MR) is 85.7 cm³/mol. The number of aromatic nitrogens is 1. The number of nitrogens with zero attached hydrogens (tertiary/aromatic N) is 2. The number of aryl methyl sites for hydroxylation is 1. The van der Waals surface area contributed by atoms with Crippen LogP contribution in [0.1, 0.15) is 35.7 Å². The molecule has 2 unspecified atom stereocenters. The van der Waals surface area contributed by atoms with Crippen molar-refractivity contribution in [3.63, 3.8) is 0 Å². The van der Waals surface area contributed by atoms with E-state index in [0.29, 0.717) is 18.0 Å². The summed E-state index contributed by atoms with van der Waals surface area (Å²) >= 11 is 0. The molecular weight excluding hydrogens is 297 g/mol. The zero-order chi connectivity index (χ0) is 13.1. The van der Waals surface area contributed by atoms with Crippen molar-refractivity contribution in [2.75, 3.05) is 13.1 Å². The van der Waals surface area contributed by atoms with Crippen molar-refractivity contribution in [2.24, 2.45) is 11.7 Å². The molecule has 1 amide bonds. The molecule has 1 aliphatic rings. The van der Waals surface area contributed by atoms with E-state index in [9.17, 15) is 4.79 Å².